The van der Waals surface area contributed by atoms with E-state index < -0.39 is 0 Å². The topological polar surface area (TPSA) is 30.7 Å². The first kappa shape index (κ1) is 14.5. The molecule has 5 heteroatoms. The summed E-state index contributed by atoms with van der Waals surface area (Å²) >= 11 is 9.41. The molecule has 3 rings (SSSR count). The summed E-state index contributed by atoms with van der Waals surface area (Å²) in [5.74, 6) is 1.63. The van der Waals surface area contributed by atoms with E-state index in [-0.39, 0.29) is 0 Å². The molecule has 3 aromatic rings. The third kappa shape index (κ3) is 3.27. The van der Waals surface area contributed by atoms with Crippen LogP contribution in [0.15, 0.2) is 47.2 Å². The summed E-state index contributed by atoms with van der Waals surface area (Å²) in [5, 5.41) is 0. The van der Waals surface area contributed by atoms with Crippen LogP contribution in [0.1, 0.15) is 11.4 Å². The molecule has 0 radical (unpaired) electrons. The largest absolute Gasteiger partial charge is 0.328 e. The first-order valence-corrected chi connectivity index (χ1v) is 8.20. The van der Waals surface area contributed by atoms with Crippen molar-refractivity contribution in [2.75, 3.05) is 5.88 Å². The highest BCUT2D eigenvalue weighted by molar-refractivity contribution is 9.10. The van der Waals surface area contributed by atoms with E-state index in [2.05, 4.69) is 55.8 Å². The van der Waals surface area contributed by atoms with Crippen molar-refractivity contribution in [2.45, 2.75) is 19.4 Å². The lowest BCUT2D eigenvalue weighted by atomic mass is 10.2. The Morgan fingerprint density at radius 3 is 2.67 bits per heavy atom. The number of imidazole rings is 1. The standard InChI is InChI=1S/C16H15BrClN3/c17-13-1-2-15-14(11-13)20-16(3-7-18)21(15)10-6-12-4-8-19-9-5-12/h1-2,4-5,8-9,11H,3,6-7,10H2. The molecule has 108 valence electrons. The van der Waals surface area contributed by atoms with Gasteiger partial charge in [-0.25, -0.2) is 4.98 Å². The zero-order chi connectivity index (χ0) is 14.7. The summed E-state index contributed by atoms with van der Waals surface area (Å²) in [7, 11) is 0. The average Bonchev–Trinajstić information content (AvgIpc) is 2.83. The molecule has 2 aromatic heterocycles. The maximum absolute atomic E-state index is 5.91. The molecule has 0 bridgehead atoms. The van der Waals surface area contributed by atoms with Gasteiger partial charge in [0.1, 0.15) is 5.82 Å². The van der Waals surface area contributed by atoms with Crippen molar-refractivity contribution >= 4 is 38.6 Å². The van der Waals surface area contributed by atoms with Gasteiger partial charge in [0.25, 0.3) is 0 Å². The van der Waals surface area contributed by atoms with E-state index >= 15 is 0 Å². The van der Waals surface area contributed by atoms with Gasteiger partial charge in [-0.3, -0.25) is 4.98 Å². The number of aromatic nitrogens is 3. The highest BCUT2D eigenvalue weighted by atomic mass is 79.9. The first-order valence-electron chi connectivity index (χ1n) is 6.87. The van der Waals surface area contributed by atoms with Gasteiger partial charge in [-0.05, 0) is 42.3 Å². The van der Waals surface area contributed by atoms with E-state index in [1.807, 2.05) is 12.4 Å². The molecule has 21 heavy (non-hydrogen) atoms. The smallest absolute Gasteiger partial charge is 0.111 e. The predicted octanol–water partition coefficient (Wildman–Crippen LogP) is 4.22. The lowest BCUT2D eigenvalue weighted by Crippen LogP contribution is -2.07. The minimum absolute atomic E-state index is 0.583. The van der Waals surface area contributed by atoms with Crippen LogP contribution in [-0.4, -0.2) is 20.4 Å². The number of rotatable bonds is 5. The van der Waals surface area contributed by atoms with Crippen LogP contribution in [0.5, 0.6) is 0 Å². The third-order valence-electron chi connectivity index (χ3n) is 3.48. The van der Waals surface area contributed by atoms with E-state index in [1.54, 1.807) is 0 Å². The van der Waals surface area contributed by atoms with Crippen LogP contribution in [-0.2, 0) is 19.4 Å². The number of fused-ring (bicyclic) bond motifs is 1. The summed E-state index contributed by atoms with van der Waals surface area (Å²) in [6.45, 7) is 0.897. The van der Waals surface area contributed by atoms with Gasteiger partial charge < -0.3 is 4.57 Å². The molecule has 0 atom stereocenters. The molecule has 0 aliphatic heterocycles. The molecule has 0 unspecified atom stereocenters. The molecule has 0 fully saturated rings. The number of hydrogen-bond acceptors (Lipinski definition) is 2. The minimum atomic E-state index is 0.583. The zero-order valence-corrected chi connectivity index (χ0v) is 13.8. The molecule has 0 aliphatic carbocycles. The molecule has 0 N–H and O–H groups in total. The molecule has 2 heterocycles. The van der Waals surface area contributed by atoms with Crippen molar-refractivity contribution in [2.24, 2.45) is 0 Å². The number of hydrogen-bond donors (Lipinski definition) is 0. The quantitative estimate of drug-likeness (QED) is 0.635. The highest BCUT2D eigenvalue weighted by Gasteiger charge is 2.10. The van der Waals surface area contributed by atoms with Gasteiger partial charge in [-0.2, -0.15) is 0 Å². The average molecular weight is 365 g/mol. The van der Waals surface area contributed by atoms with Crippen LogP contribution >= 0.6 is 27.5 Å². The van der Waals surface area contributed by atoms with Crippen molar-refractivity contribution in [3.05, 3.63) is 58.6 Å². The fraction of sp³-hybridized carbons (Fsp3) is 0.250. The summed E-state index contributed by atoms with van der Waals surface area (Å²) in [4.78, 5) is 8.77. The van der Waals surface area contributed by atoms with Gasteiger partial charge in [0, 0.05) is 35.7 Å². The molecule has 0 saturated carbocycles. The van der Waals surface area contributed by atoms with Crippen molar-refractivity contribution in [1.29, 1.82) is 0 Å². The number of pyridine rings is 1. The van der Waals surface area contributed by atoms with Crippen LogP contribution in [0.2, 0.25) is 0 Å². The highest BCUT2D eigenvalue weighted by Crippen LogP contribution is 2.22. The van der Waals surface area contributed by atoms with E-state index in [0.717, 1.165) is 40.7 Å². The van der Waals surface area contributed by atoms with Crippen LogP contribution in [0.25, 0.3) is 11.0 Å². The van der Waals surface area contributed by atoms with E-state index in [4.69, 9.17) is 16.6 Å². The predicted molar refractivity (Wildman–Crippen MR) is 89.8 cm³/mol. The maximum atomic E-state index is 5.91. The number of alkyl halides is 1. The Hall–Kier alpha value is -1.39. The van der Waals surface area contributed by atoms with Crippen molar-refractivity contribution in [3.63, 3.8) is 0 Å². The monoisotopic (exact) mass is 363 g/mol. The van der Waals surface area contributed by atoms with Gasteiger partial charge in [0.15, 0.2) is 0 Å². The second-order valence-corrected chi connectivity index (χ2v) is 6.15. The van der Waals surface area contributed by atoms with Crippen molar-refractivity contribution in [1.82, 2.24) is 14.5 Å². The molecule has 3 nitrogen and oxygen atoms in total. The fourth-order valence-electron chi connectivity index (χ4n) is 2.47. The van der Waals surface area contributed by atoms with Crippen LogP contribution in [0, 0.1) is 0 Å². The molecule has 1 aromatic carbocycles. The Labute approximate surface area is 137 Å². The second-order valence-electron chi connectivity index (χ2n) is 4.86. The lowest BCUT2D eigenvalue weighted by molar-refractivity contribution is 0.674. The van der Waals surface area contributed by atoms with Crippen molar-refractivity contribution in [3.8, 4) is 0 Å². The Morgan fingerprint density at radius 2 is 1.90 bits per heavy atom. The summed E-state index contributed by atoms with van der Waals surface area (Å²) in [6, 6.07) is 10.3. The Kier molecular flexibility index (Phi) is 4.56. The van der Waals surface area contributed by atoms with E-state index in [9.17, 15) is 0 Å². The number of aryl methyl sites for hydroxylation is 3. The summed E-state index contributed by atoms with van der Waals surface area (Å²) in [6.07, 6.45) is 5.40. The van der Waals surface area contributed by atoms with E-state index in [0.29, 0.717) is 5.88 Å². The lowest BCUT2D eigenvalue weighted by Gasteiger charge is -2.08. The maximum Gasteiger partial charge on any atom is 0.111 e. The minimum Gasteiger partial charge on any atom is -0.328 e. The first-order chi connectivity index (χ1) is 10.3. The number of nitrogens with zero attached hydrogens (tertiary/aromatic N) is 3. The van der Waals surface area contributed by atoms with Gasteiger partial charge >= 0.3 is 0 Å². The third-order valence-corrected chi connectivity index (χ3v) is 4.16. The Morgan fingerprint density at radius 1 is 1.10 bits per heavy atom. The van der Waals surface area contributed by atoms with Gasteiger partial charge in [0.2, 0.25) is 0 Å². The normalized spacial score (nSPS) is 11.1. The summed E-state index contributed by atoms with van der Waals surface area (Å²) < 4.78 is 3.32. The fourth-order valence-corrected chi connectivity index (χ4v) is 2.99. The zero-order valence-electron chi connectivity index (χ0n) is 11.5. The number of halogens is 2. The molecular formula is C16H15BrClN3. The molecule has 0 saturated heterocycles. The van der Waals surface area contributed by atoms with Gasteiger partial charge in [0.05, 0.1) is 11.0 Å². The molecular weight excluding hydrogens is 350 g/mol. The second kappa shape index (κ2) is 6.58. The van der Waals surface area contributed by atoms with Crippen LogP contribution in [0.4, 0.5) is 0 Å². The molecule has 0 amide bonds. The Bertz CT molecular complexity index is 740. The summed E-state index contributed by atoms with van der Waals surface area (Å²) in [5.41, 5.74) is 3.45. The SMILES string of the molecule is ClCCc1nc2cc(Br)ccc2n1CCc1ccncc1. The van der Waals surface area contributed by atoms with Crippen LogP contribution < -0.4 is 0 Å². The van der Waals surface area contributed by atoms with Crippen LogP contribution in [0.3, 0.4) is 0 Å². The van der Waals surface area contributed by atoms with E-state index in [1.165, 1.54) is 5.56 Å². The van der Waals surface area contributed by atoms with Gasteiger partial charge in [-0.15, -0.1) is 11.6 Å². The Balaban J connectivity index is 1.93. The van der Waals surface area contributed by atoms with Crippen molar-refractivity contribution < 1.29 is 0 Å². The number of benzene rings is 1. The van der Waals surface area contributed by atoms with Gasteiger partial charge in [-0.1, -0.05) is 15.9 Å². The molecule has 0 spiro atoms. The molecule has 0 aliphatic rings.